The van der Waals surface area contributed by atoms with E-state index in [-0.39, 0.29) is 36.0 Å². The quantitative estimate of drug-likeness (QED) is 0.0885. The second-order valence-corrected chi connectivity index (χ2v) is 17.1. The topological polar surface area (TPSA) is 103 Å². The zero-order valence-corrected chi connectivity index (χ0v) is 34.9. The highest BCUT2D eigenvalue weighted by atomic mass is 16.6. The predicted molar refractivity (Wildman–Crippen MR) is 225 cm³/mol. The van der Waals surface area contributed by atoms with Gasteiger partial charge in [0.05, 0.1) is 13.0 Å². The Morgan fingerprint density at radius 3 is 2.38 bits per heavy atom. The third kappa shape index (κ3) is 9.86. The molecule has 3 atom stereocenters. The lowest BCUT2D eigenvalue weighted by atomic mass is 9.79. The van der Waals surface area contributed by atoms with Gasteiger partial charge in [0.1, 0.15) is 24.0 Å². The Kier molecular flexibility index (Phi) is 13.1. The van der Waals surface area contributed by atoms with Gasteiger partial charge in [-0.15, -0.1) is 0 Å². The summed E-state index contributed by atoms with van der Waals surface area (Å²) in [6.07, 6.45) is 7.14. The van der Waals surface area contributed by atoms with E-state index in [0.717, 1.165) is 84.1 Å². The second-order valence-electron chi connectivity index (χ2n) is 17.1. The zero-order chi connectivity index (χ0) is 40.8. The van der Waals surface area contributed by atoms with Crippen LogP contribution in [0.2, 0.25) is 0 Å². The highest BCUT2D eigenvalue weighted by Crippen LogP contribution is 2.40. The Balaban J connectivity index is 1.10. The van der Waals surface area contributed by atoms with Crippen molar-refractivity contribution in [2.24, 2.45) is 5.92 Å². The first-order valence-corrected chi connectivity index (χ1v) is 21.0. The van der Waals surface area contributed by atoms with Crippen LogP contribution in [0.15, 0.2) is 79.0 Å². The van der Waals surface area contributed by atoms with Gasteiger partial charge in [0.15, 0.2) is 0 Å². The Hall–Kier alpha value is -4.87. The number of methoxy groups -OCH3 is 2. The van der Waals surface area contributed by atoms with E-state index in [1.165, 1.54) is 7.11 Å². The maximum absolute atomic E-state index is 15.1. The fourth-order valence-electron chi connectivity index (χ4n) is 8.75. The summed E-state index contributed by atoms with van der Waals surface area (Å²) in [5.41, 5.74) is 4.87. The molecule has 1 aliphatic carbocycles. The second kappa shape index (κ2) is 18.4. The molecule has 3 aliphatic rings. The summed E-state index contributed by atoms with van der Waals surface area (Å²) in [6.45, 7) is 10.5. The van der Waals surface area contributed by atoms with E-state index in [4.69, 9.17) is 18.9 Å². The van der Waals surface area contributed by atoms with Crippen molar-refractivity contribution in [3.63, 3.8) is 0 Å². The number of para-hydroxylation sites is 1. The van der Waals surface area contributed by atoms with Crippen molar-refractivity contribution >= 4 is 28.9 Å². The van der Waals surface area contributed by atoms with Gasteiger partial charge in [0, 0.05) is 69.6 Å². The molecular formula is C47H60N4O7. The number of likely N-dealkylation sites (tertiary alicyclic amines) is 2. The minimum atomic E-state index is -0.638. The Morgan fingerprint density at radius 1 is 0.845 bits per heavy atom. The molecule has 4 aromatic rings. The molecule has 0 spiro atoms. The molecule has 0 N–H and O–H groups in total. The largest absolute Gasteiger partial charge is 0.492 e. The molecule has 58 heavy (non-hydrogen) atoms. The third-order valence-corrected chi connectivity index (χ3v) is 11.8. The van der Waals surface area contributed by atoms with Gasteiger partial charge in [-0.05, 0) is 112 Å². The summed E-state index contributed by atoms with van der Waals surface area (Å²) in [4.78, 5) is 46.7. The van der Waals surface area contributed by atoms with Crippen LogP contribution in [0.25, 0.3) is 22.0 Å². The number of hydrogen-bond acceptors (Lipinski definition) is 8. The Morgan fingerprint density at radius 2 is 1.64 bits per heavy atom. The molecule has 11 nitrogen and oxygen atoms in total. The molecule has 2 aliphatic heterocycles. The van der Waals surface area contributed by atoms with Gasteiger partial charge in [-0.3, -0.25) is 14.5 Å². The van der Waals surface area contributed by atoms with E-state index in [1.54, 1.807) is 12.0 Å². The summed E-state index contributed by atoms with van der Waals surface area (Å²) >= 11 is 0. The van der Waals surface area contributed by atoms with E-state index in [9.17, 15) is 9.59 Å². The van der Waals surface area contributed by atoms with E-state index in [1.807, 2.05) is 32.9 Å². The van der Waals surface area contributed by atoms with Gasteiger partial charge >= 0.3 is 12.1 Å². The van der Waals surface area contributed by atoms with E-state index in [2.05, 4.69) is 81.2 Å². The normalized spacial score (nSPS) is 19.9. The molecule has 1 unspecified atom stereocenters. The van der Waals surface area contributed by atoms with Crippen LogP contribution in [0.1, 0.15) is 76.3 Å². The molecule has 2 saturated heterocycles. The lowest BCUT2D eigenvalue weighted by molar-refractivity contribution is -0.146. The van der Waals surface area contributed by atoms with Crippen LogP contribution in [-0.4, -0.2) is 109 Å². The SMILES string of the molecule is COCCCn1cc(CN(C(=O)[C@H]2CN(C(=O)OC(C)(C)C)CC[C@@H]2c2cccc(-c3ccc(OCCN4CCCC4C(=O)OC)cc3)c2)C2CC2)c2ccccc21. The number of carbonyl (C=O) groups excluding carboxylic acids is 3. The van der Waals surface area contributed by atoms with Crippen LogP contribution in [0.3, 0.4) is 0 Å². The number of aryl methyl sites for hydroxylation is 1. The van der Waals surface area contributed by atoms with Crippen LogP contribution in [0, 0.1) is 5.92 Å². The monoisotopic (exact) mass is 792 g/mol. The van der Waals surface area contributed by atoms with Gasteiger partial charge in [0.2, 0.25) is 5.91 Å². The van der Waals surface area contributed by atoms with Crippen LogP contribution >= 0.6 is 0 Å². The number of rotatable bonds is 15. The number of ether oxygens (including phenoxy) is 4. The number of amides is 2. The van der Waals surface area contributed by atoms with Gasteiger partial charge in [-0.1, -0.05) is 54.6 Å². The molecule has 1 aromatic heterocycles. The maximum atomic E-state index is 15.1. The molecule has 0 bridgehead atoms. The maximum Gasteiger partial charge on any atom is 0.410 e. The highest BCUT2D eigenvalue weighted by molar-refractivity contribution is 5.86. The number of nitrogens with zero attached hydrogens (tertiary/aromatic N) is 4. The first-order chi connectivity index (χ1) is 28.0. The van der Waals surface area contributed by atoms with Crippen molar-refractivity contribution in [2.75, 3.05) is 53.6 Å². The average molecular weight is 793 g/mol. The van der Waals surface area contributed by atoms with Crippen LogP contribution < -0.4 is 4.74 Å². The summed E-state index contributed by atoms with van der Waals surface area (Å²) in [7, 11) is 3.17. The molecule has 3 fully saturated rings. The standard InChI is InChI=1S/C47H60N4O7/c1-47(2,3)58-46(54)50-25-22-39(35-12-8-11-34(29-35)33-16-20-38(21-17-33)57-28-26-48-23-9-15-43(48)45(53)56-5)41(32-50)44(52)51(37-18-19-37)31-36-30-49(24-10-27-55-4)42-14-7-6-13-40(36)42/h6-8,11-14,16-17,20-21,29-30,37,39,41,43H,9-10,15,18-19,22-28,31-32H2,1-5H3/t39-,41+,43?/m1/s1. The van der Waals surface area contributed by atoms with Crippen molar-refractivity contribution < 1.29 is 33.3 Å². The van der Waals surface area contributed by atoms with Crippen LogP contribution in [0.4, 0.5) is 4.79 Å². The lowest BCUT2D eigenvalue weighted by Crippen LogP contribution is -2.51. The molecule has 0 radical (unpaired) electrons. The van der Waals surface area contributed by atoms with Gasteiger partial charge in [-0.2, -0.15) is 0 Å². The van der Waals surface area contributed by atoms with Crippen molar-refractivity contribution in [1.29, 1.82) is 0 Å². The summed E-state index contributed by atoms with van der Waals surface area (Å²) in [5.74, 6) is 0.174. The fraction of sp³-hybridized carbons (Fsp3) is 0.511. The van der Waals surface area contributed by atoms with Crippen molar-refractivity contribution in [3.05, 3.63) is 90.1 Å². The molecule has 3 heterocycles. The predicted octanol–water partition coefficient (Wildman–Crippen LogP) is 7.89. The summed E-state index contributed by atoms with van der Waals surface area (Å²) in [6, 6.07) is 25.0. The lowest BCUT2D eigenvalue weighted by Gasteiger charge is -2.40. The first-order valence-electron chi connectivity index (χ1n) is 21.0. The first kappa shape index (κ1) is 41.3. The zero-order valence-electron chi connectivity index (χ0n) is 34.9. The number of piperidine rings is 1. The minimum Gasteiger partial charge on any atom is -0.492 e. The van der Waals surface area contributed by atoms with Crippen LogP contribution in [0.5, 0.6) is 5.75 Å². The molecule has 3 aromatic carbocycles. The van der Waals surface area contributed by atoms with Gasteiger partial charge < -0.3 is 33.3 Å². The summed E-state index contributed by atoms with van der Waals surface area (Å²) < 4.78 is 24.5. The van der Waals surface area contributed by atoms with Crippen molar-refractivity contribution in [1.82, 2.24) is 19.3 Å². The molecule has 11 heteroatoms. The third-order valence-electron chi connectivity index (χ3n) is 11.8. The minimum absolute atomic E-state index is 0.0789. The Labute approximate surface area is 343 Å². The average Bonchev–Trinajstić information content (AvgIpc) is 3.86. The smallest absolute Gasteiger partial charge is 0.410 e. The highest BCUT2D eigenvalue weighted by Gasteiger charge is 2.43. The summed E-state index contributed by atoms with van der Waals surface area (Å²) in [5, 5.41) is 1.16. The fourth-order valence-corrected chi connectivity index (χ4v) is 8.75. The number of aromatic nitrogens is 1. The number of benzene rings is 3. The van der Waals surface area contributed by atoms with Gasteiger partial charge in [-0.25, -0.2) is 4.79 Å². The number of fused-ring (bicyclic) bond motifs is 1. The van der Waals surface area contributed by atoms with Crippen molar-refractivity contribution in [3.8, 4) is 16.9 Å². The molecular weight excluding hydrogens is 733 g/mol. The number of esters is 1. The molecule has 310 valence electrons. The Bertz CT molecular complexity index is 2030. The molecule has 2 amide bonds. The van der Waals surface area contributed by atoms with Crippen molar-refractivity contribution in [2.45, 2.75) is 96.0 Å². The number of hydrogen-bond donors (Lipinski definition) is 0. The van der Waals surface area contributed by atoms with Crippen LogP contribution in [-0.2, 0) is 36.9 Å². The van der Waals surface area contributed by atoms with Gasteiger partial charge in [0.25, 0.3) is 0 Å². The van der Waals surface area contributed by atoms with E-state index < -0.39 is 11.5 Å². The van der Waals surface area contributed by atoms with E-state index >= 15 is 4.79 Å². The molecule has 7 rings (SSSR count). The van der Waals surface area contributed by atoms with E-state index in [0.29, 0.717) is 45.8 Å². The number of carbonyl (C=O) groups is 3. The molecule has 1 saturated carbocycles.